The van der Waals surface area contributed by atoms with Gasteiger partial charge in [-0.15, -0.1) is 0 Å². The molecule has 2 heteroatoms. The average Bonchev–Trinajstić information content (AvgIpc) is 2.27. The van der Waals surface area contributed by atoms with Crippen LogP contribution in [0.25, 0.3) is 0 Å². The first-order valence-electron chi connectivity index (χ1n) is 4.73. The van der Waals surface area contributed by atoms with E-state index < -0.39 is 0 Å². The van der Waals surface area contributed by atoms with Crippen molar-refractivity contribution < 1.29 is 4.39 Å². The van der Waals surface area contributed by atoms with Crippen LogP contribution in [0.3, 0.4) is 0 Å². The monoisotopic (exact) mass is 203 g/mol. The number of halogens is 1. The molecule has 0 fully saturated rings. The van der Waals surface area contributed by atoms with Gasteiger partial charge in [0.1, 0.15) is 5.82 Å². The van der Waals surface area contributed by atoms with Gasteiger partial charge in [-0.2, -0.15) is 0 Å². The predicted octanol–water partition coefficient (Wildman–Crippen LogP) is 3.72. The van der Waals surface area contributed by atoms with E-state index in [4.69, 9.17) is 5.41 Å². The highest BCUT2D eigenvalue weighted by Gasteiger charge is 2.06. The molecular formula is C13H14FN. The molecule has 0 amide bonds. The molecule has 78 valence electrons. The molecule has 0 saturated carbocycles. The van der Waals surface area contributed by atoms with Crippen molar-refractivity contribution in [1.29, 1.82) is 5.41 Å². The number of nitrogens with one attached hydrogen (secondary N) is 1. The Morgan fingerprint density at radius 1 is 1.33 bits per heavy atom. The van der Waals surface area contributed by atoms with Crippen molar-refractivity contribution in [2.24, 2.45) is 0 Å². The highest BCUT2D eigenvalue weighted by atomic mass is 19.1. The smallest absolute Gasteiger partial charge is 0.123 e. The Kier molecular flexibility index (Phi) is 3.56. The van der Waals surface area contributed by atoms with E-state index in [0.717, 1.165) is 5.57 Å². The number of hydrogen-bond donors (Lipinski definition) is 1. The maximum absolute atomic E-state index is 12.7. The van der Waals surface area contributed by atoms with Gasteiger partial charge >= 0.3 is 0 Å². The molecule has 0 radical (unpaired) electrons. The zero-order valence-electron chi connectivity index (χ0n) is 8.97. The van der Waals surface area contributed by atoms with Crippen LogP contribution in [0.5, 0.6) is 0 Å². The Hall–Kier alpha value is -1.70. The minimum absolute atomic E-state index is 0.292. The molecule has 0 aliphatic heterocycles. The summed E-state index contributed by atoms with van der Waals surface area (Å²) in [6.45, 7) is 7.64. The van der Waals surface area contributed by atoms with Crippen LogP contribution < -0.4 is 0 Å². The van der Waals surface area contributed by atoms with Crippen molar-refractivity contribution in [3.63, 3.8) is 0 Å². The molecule has 0 bridgehead atoms. The first-order chi connectivity index (χ1) is 7.06. The lowest BCUT2D eigenvalue weighted by atomic mass is 9.98. The number of rotatable bonds is 3. The number of hydrogen-bond acceptors (Lipinski definition) is 1. The van der Waals surface area contributed by atoms with Crippen molar-refractivity contribution in [2.75, 3.05) is 0 Å². The van der Waals surface area contributed by atoms with Crippen LogP contribution in [0.2, 0.25) is 0 Å². The molecule has 0 aliphatic rings. The highest BCUT2D eigenvalue weighted by molar-refractivity contribution is 6.12. The summed E-state index contributed by atoms with van der Waals surface area (Å²) < 4.78 is 12.7. The standard InChI is InChI=1S/C13H14FN/c1-4-9(2)10(3)13(15)11-5-7-12(14)8-6-11/h4-8,15H,3H2,1-2H3. The minimum Gasteiger partial charge on any atom is -0.300 e. The van der Waals surface area contributed by atoms with Gasteiger partial charge in [0.15, 0.2) is 0 Å². The number of allylic oxidation sites excluding steroid dienone is 3. The zero-order chi connectivity index (χ0) is 11.4. The molecule has 0 atom stereocenters. The molecule has 1 N–H and O–H groups in total. The van der Waals surface area contributed by atoms with Gasteiger partial charge in [0.05, 0.1) is 5.71 Å². The Bertz CT molecular complexity index is 413. The molecular weight excluding hydrogens is 189 g/mol. The second-order valence-corrected chi connectivity index (χ2v) is 3.33. The maximum atomic E-state index is 12.7. The maximum Gasteiger partial charge on any atom is 0.123 e. The molecule has 1 aromatic rings. The predicted molar refractivity (Wildman–Crippen MR) is 61.8 cm³/mol. The van der Waals surface area contributed by atoms with Crippen LogP contribution in [0.15, 0.2) is 48.1 Å². The quantitative estimate of drug-likeness (QED) is 0.572. The summed E-state index contributed by atoms with van der Waals surface area (Å²) >= 11 is 0. The summed E-state index contributed by atoms with van der Waals surface area (Å²) in [4.78, 5) is 0. The van der Waals surface area contributed by atoms with Crippen LogP contribution in [0.4, 0.5) is 4.39 Å². The lowest BCUT2D eigenvalue weighted by Crippen LogP contribution is -2.03. The van der Waals surface area contributed by atoms with Crippen molar-refractivity contribution in [2.45, 2.75) is 13.8 Å². The van der Waals surface area contributed by atoms with Crippen molar-refractivity contribution in [3.05, 3.63) is 59.4 Å². The Labute approximate surface area is 89.5 Å². The van der Waals surface area contributed by atoms with E-state index in [2.05, 4.69) is 6.58 Å². The molecule has 0 spiro atoms. The van der Waals surface area contributed by atoms with Crippen LogP contribution in [0, 0.1) is 11.2 Å². The van der Waals surface area contributed by atoms with Gasteiger partial charge in [-0.1, -0.05) is 12.7 Å². The van der Waals surface area contributed by atoms with Gasteiger partial charge < -0.3 is 0 Å². The second-order valence-electron chi connectivity index (χ2n) is 3.33. The fraction of sp³-hybridized carbons (Fsp3) is 0.154. The van der Waals surface area contributed by atoms with Gasteiger partial charge in [0, 0.05) is 5.56 Å². The molecule has 1 rings (SSSR count). The summed E-state index contributed by atoms with van der Waals surface area (Å²) in [5, 5.41) is 7.88. The van der Waals surface area contributed by atoms with E-state index >= 15 is 0 Å². The summed E-state index contributed by atoms with van der Waals surface area (Å²) in [5.41, 5.74) is 2.65. The topological polar surface area (TPSA) is 23.9 Å². The Balaban J connectivity index is 2.95. The fourth-order valence-electron chi connectivity index (χ4n) is 1.16. The first kappa shape index (κ1) is 11.4. The van der Waals surface area contributed by atoms with Crippen LogP contribution in [-0.2, 0) is 0 Å². The van der Waals surface area contributed by atoms with Gasteiger partial charge in [0.25, 0.3) is 0 Å². The summed E-state index contributed by atoms with van der Waals surface area (Å²) in [6.07, 6.45) is 1.90. The van der Waals surface area contributed by atoms with Crippen molar-refractivity contribution in [3.8, 4) is 0 Å². The van der Waals surface area contributed by atoms with E-state index in [1.54, 1.807) is 12.1 Å². The SMILES string of the molecule is C=C(C(=N)c1ccc(F)cc1)C(C)=CC. The Morgan fingerprint density at radius 3 is 2.33 bits per heavy atom. The average molecular weight is 203 g/mol. The molecule has 1 nitrogen and oxygen atoms in total. The zero-order valence-corrected chi connectivity index (χ0v) is 8.97. The summed E-state index contributed by atoms with van der Waals surface area (Å²) in [7, 11) is 0. The fourth-order valence-corrected chi connectivity index (χ4v) is 1.16. The molecule has 1 aromatic carbocycles. The normalized spacial score (nSPS) is 11.3. The molecule has 0 unspecified atom stereocenters. The van der Waals surface area contributed by atoms with E-state index in [0.29, 0.717) is 16.8 Å². The van der Waals surface area contributed by atoms with Crippen LogP contribution in [-0.4, -0.2) is 5.71 Å². The molecule has 15 heavy (non-hydrogen) atoms. The minimum atomic E-state index is -0.292. The highest BCUT2D eigenvalue weighted by Crippen LogP contribution is 2.14. The van der Waals surface area contributed by atoms with E-state index in [1.807, 2.05) is 19.9 Å². The van der Waals surface area contributed by atoms with Crippen LogP contribution >= 0.6 is 0 Å². The molecule has 0 aromatic heterocycles. The van der Waals surface area contributed by atoms with E-state index in [-0.39, 0.29) is 5.82 Å². The van der Waals surface area contributed by atoms with Gasteiger partial charge in [-0.25, -0.2) is 4.39 Å². The molecule has 0 heterocycles. The summed E-state index contributed by atoms with van der Waals surface area (Å²) in [6, 6.07) is 5.88. The molecule has 0 aliphatic carbocycles. The third-order valence-electron chi connectivity index (χ3n) is 2.34. The van der Waals surface area contributed by atoms with Crippen molar-refractivity contribution in [1.82, 2.24) is 0 Å². The van der Waals surface area contributed by atoms with E-state index in [1.165, 1.54) is 12.1 Å². The van der Waals surface area contributed by atoms with Crippen molar-refractivity contribution >= 4 is 5.71 Å². The lowest BCUT2D eigenvalue weighted by molar-refractivity contribution is 0.628. The first-order valence-corrected chi connectivity index (χ1v) is 4.73. The van der Waals surface area contributed by atoms with Crippen LogP contribution in [0.1, 0.15) is 19.4 Å². The van der Waals surface area contributed by atoms with Gasteiger partial charge in [0.2, 0.25) is 0 Å². The summed E-state index contributed by atoms with van der Waals surface area (Å²) in [5.74, 6) is -0.292. The Morgan fingerprint density at radius 2 is 1.87 bits per heavy atom. The third-order valence-corrected chi connectivity index (χ3v) is 2.34. The van der Waals surface area contributed by atoms with Gasteiger partial charge in [-0.3, -0.25) is 5.41 Å². The molecule has 0 saturated heterocycles. The lowest BCUT2D eigenvalue weighted by Gasteiger charge is -2.07. The third kappa shape index (κ3) is 2.62. The number of benzene rings is 1. The van der Waals surface area contributed by atoms with Gasteiger partial charge in [-0.05, 0) is 49.3 Å². The largest absolute Gasteiger partial charge is 0.300 e. The second kappa shape index (κ2) is 4.69. The van der Waals surface area contributed by atoms with E-state index in [9.17, 15) is 4.39 Å².